The van der Waals surface area contributed by atoms with Gasteiger partial charge in [0.25, 0.3) is 0 Å². The van der Waals surface area contributed by atoms with E-state index in [2.05, 4.69) is 79.7 Å². The molecule has 2 heterocycles. The molecule has 2 N–H and O–H groups in total. The second kappa shape index (κ2) is 8.84. The number of imidazole rings is 1. The molecule has 5 heteroatoms. The van der Waals surface area contributed by atoms with Crippen LogP contribution in [0.1, 0.15) is 17.0 Å². The maximum absolute atomic E-state index is 4.26. The average molecular weight is 361 g/mol. The molecule has 0 bridgehead atoms. The van der Waals surface area contributed by atoms with Gasteiger partial charge in [0.1, 0.15) is 5.82 Å². The van der Waals surface area contributed by atoms with E-state index in [4.69, 9.17) is 0 Å². The quantitative estimate of drug-likeness (QED) is 0.679. The van der Waals surface area contributed by atoms with Crippen LogP contribution >= 0.6 is 0 Å². The van der Waals surface area contributed by atoms with Crippen LogP contribution in [-0.2, 0) is 19.6 Å². The number of aromatic amines is 1. The Labute approximate surface area is 161 Å². The number of hydrogen-bond donors (Lipinski definition) is 2. The number of nitrogens with zero attached hydrogens (tertiary/aromatic N) is 3. The summed E-state index contributed by atoms with van der Waals surface area (Å²) in [6.45, 7) is 7.01. The van der Waals surface area contributed by atoms with Crippen molar-refractivity contribution in [2.45, 2.75) is 19.6 Å². The Morgan fingerprint density at radius 3 is 2.33 bits per heavy atom. The molecule has 0 aliphatic carbocycles. The lowest BCUT2D eigenvalue weighted by Gasteiger charge is -2.36. The van der Waals surface area contributed by atoms with Gasteiger partial charge in [0.05, 0.1) is 6.54 Å². The number of hydrogen-bond acceptors (Lipinski definition) is 4. The van der Waals surface area contributed by atoms with Gasteiger partial charge in [-0.3, -0.25) is 4.90 Å². The molecule has 27 heavy (non-hydrogen) atoms. The van der Waals surface area contributed by atoms with Crippen molar-refractivity contribution in [1.82, 2.24) is 20.2 Å². The van der Waals surface area contributed by atoms with Crippen molar-refractivity contribution in [3.05, 3.63) is 83.9 Å². The molecule has 0 amide bonds. The minimum atomic E-state index is 0.761. The lowest BCUT2D eigenvalue weighted by molar-refractivity contribution is 0.249. The Kier molecular flexibility index (Phi) is 5.82. The number of anilines is 1. The molecule has 5 nitrogen and oxygen atoms in total. The lowest BCUT2D eigenvalue weighted by atomic mass is 10.1. The van der Waals surface area contributed by atoms with E-state index in [1.54, 1.807) is 6.20 Å². The van der Waals surface area contributed by atoms with Gasteiger partial charge in [-0.1, -0.05) is 42.5 Å². The maximum atomic E-state index is 4.26. The summed E-state index contributed by atoms with van der Waals surface area (Å²) in [6, 6.07) is 19.5. The summed E-state index contributed by atoms with van der Waals surface area (Å²) < 4.78 is 0. The highest BCUT2D eigenvalue weighted by molar-refractivity contribution is 5.46. The predicted octanol–water partition coefficient (Wildman–Crippen LogP) is 3.02. The lowest BCUT2D eigenvalue weighted by Crippen LogP contribution is -2.46. The third-order valence-electron chi connectivity index (χ3n) is 5.17. The molecule has 1 aliphatic rings. The fourth-order valence-corrected chi connectivity index (χ4v) is 3.64. The first-order valence-corrected chi connectivity index (χ1v) is 9.66. The Hall–Kier alpha value is -2.63. The minimum absolute atomic E-state index is 0.761. The summed E-state index contributed by atoms with van der Waals surface area (Å²) in [5.74, 6) is 0.976. The molecule has 2 aromatic carbocycles. The summed E-state index contributed by atoms with van der Waals surface area (Å²) in [6.07, 6.45) is 3.65. The van der Waals surface area contributed by atoms with Crippen molar-refractivity contribution >= 4 is 5.69 Å². The first kappa shape index (κ1) is 17.8. The van der Waals surface area contributed by atoms with E-state index in [1.807, 2.05) is 6.20 Å². The molecule has 0 saturated carbocycles. The molecule has 0 unspecified atom stereocenters. The molecular formula is C22H27N5. The SMILES string of the molecule is c1ccc(N2CCN(Cc3ccccc3CNCc3ncc[nH]3)CC2)cc1. The first-order chi connectivity index (χ1) is 13.4. The Morgan fingerprint density at radius 2 is 1.59 bits per heavy atom. The third kappa shape index (κ3) is 4.76. The van der Waals surface area contributed by atoms with E-state index >= 15 is 0 Å². The molecule has 140 valence electrons. The van der Waals surface area contributed by atoms with Gasteiger partial charge in [-0.15, -0.1) is 0 Å². The van der Waals surface area contributed by atoms with Gasteiger partial charge < -0.3 is 15.2 Å². The van der Waals surface area contributed by atoms with Crippen molar-refractivity contribution in [3.8, 4) is 0 Å². The zero-order valence-electron chi connectivity index (χ0n) is 15.6. The van der Waals surface area contributed by atoms with Crippen LogP contribution in [0.15, 0.2) is 67.0 Å². The summed E-state index contributed by atoms with van der Waals surface area (Å²) in [4.78, 5) is 12.4. The zero-order chi connectivity index (χ0) is 18.3. The monoisotopic (exact) mass is 361 g/mol. The number of H-pyrrole nitrogens is 1. The van der Waals surface area contributed by atoms with Crippen LogP contribution in [0.25, 0.3) is 0 Å². The molecule has 1 fully saturated rings. The summed E-state index contributed by atoms with van der Waals surface area (Å²) in [5.41, 5.74) is 4.12. The largest absolute Gasteiger partial charge is 0.369 e. The van der Waals surface area contributed by atoms with E-state index < -0.39 is 0 Å². The van der Waals surface area contributed by atoms with Crippen molar-refractivity contribution in [3.63, 3.8) is 0 Å². The van der Waals surface area contributed by atoms with Crippen LogP contribution in [0, 0.1) is 0 Å². The van der Waals surface area contributed by atoms with E-state index in [9.17, 15) is 0 Å². The van der Waals surface area contributed by atoms with Gasteiger partial charge in [-0.2, -0.15) is 0 Å². The van der Waals surface area contributed by atoms with Crippen LogP contribution in [0.5, 0.6) is 0 Å². The molecule has 3 aromatic rings. The summed E-state index contributed by atoms with van der Waals surface area (Å²) in [7, 11) is 0. The van der Waals surface area contributed by atoms with Gasteiger partial charge in [0, 0.05) is 57.3 Å². The van der Waals surface area contributed by atoms with Gasteiger partial charge in [0.15, 0.2) is 0 Å². The highest BCUT2D eigenvalue weighted by Crippen LogP contribution is 2.18. The Balaban J connectivity index is 1.31. The van der Waals surface area contributed by atoms with Crippen molar-refractivity contribution < 1.29 is 0 Å². The predicted molar refractivity (Wildman–Crippen MR) is 110 cm³/mol. The molecular weight excluding hydrogens is 334 g/mol. The number of aromatic nitrogens is 2. The third-order valence-corrected chi connectivity index (χ3v) is 5.17. The van der Waals surface area contributed by atoms with Crippen LogP contribution in [-0.4, -0.2) is 41.0 Å². The molecule has 0 atom stereocenters. The van der Waals surface area contributed by atoms with Crippen molar-refractivity contribution in [2.24, 2.45) is 0 Å². The van der Waals surface area contributed by atoms with Crippen LogP contribution in [0.2, 0.25) is 0 Å². The number of para-hydroxylation sites is 1. The minimum Gasteiger partial charge on any atom is -0.369 e. The second-order valence-electron chi connectivity index (χ2n) is 7.01. The first-order valence-electron chi connectivity index (χ1n) is 9.66. The van der Waals surface area contributed by atoms with Crippen LogP contribution in [0.4, 0.5) is 5.69 Å². The van der Waals surface area contributed by atoms with Gasteiger partial charge in [-0.25, -0.2) is 4.98 Å². The molecule has 1 aliphatic heterocycles. The van der Waals surface area contributed by atoms with Gasteiger partial charge >= 0.3 is 0 Å². The molecule has 1 aromatic heterocycles. The Bertz CT molecular complexity index is 808. The smallest absolute Gasteiger partial charge is 0.120 e. The van der Waals surface area contributed by atoms with Crippen LogP contribution < -0.4 is 10.2 Å². The van der Waals surface area contributed by atoms with E-state index in [0.717, 1.165) is 51.6 Å². The number of nitrogens with one attached hydrogen (secondary N) is 2. The molecule has 1 saturated heterocycles. The fourth-order valence-electron chi connectivity index (χ4n) is 3.64. The van der Waals surface area contributed by atoms with E-state index in [1.165, 1.54) is 16.8 Å². The normalized spacial score (nSPS) is 15.2. The highest BCUT2D eigenvalue weighted by Gasteiger charge is 2.18. The van der Waals surface area contributed by atoms with Gasteiger partial charge in [0.2, 0.25) is 0 Å². The molecule has 4 rings (SSSR count). The topological polar surface area (TPSA) is 47.2 Å². The van der Waals surface area contributed by atoms with E-state index in [0.29, 0.717) is 0 Å². The summed E-state index contributed by atoms with van der Waals surface area (Å²) in [5, 5.41) is 3.49. The maximum Gasteiger partial charge on any atom is 0.120 e. The number of piperazine rings is 1. The van der Waals surface area contributed by atoms with Crippen molar-refractivity contribution in [1.29, 1.82) is 0 Å². The van der Waals surface area contributed by atoms with Crippen LogP contribution in [0.3, 0.4) is 0 Å². The number of benzene rings is 2. The molecule has 0 radical (unpaired) electrons. The fraction of sp³-hybridized carbons (Fsp3) is 0.318. The Morgan fingerprint density at radius 1 is 0.852 bits per heavy atom. The number of rotatable bonds is 7. The summed E-state index contributed by atoms with van der Waals surface area (Å²) >= 11 is 0. The highest BCUT2D eigenvalue weighted by atomic mass is 15.3. The van der Waals surface area contributed by atoms with E-state index in [-0.39, 0.29) is 0 Å². The van der Waals surface area contributed by atoms with Gasteiger partial charge in [-0.05, 0) is 23.3 Å². The van der Waals surface area contributed by atoms with Crippen molar-refractivity contribution in [2.75, 3.05) is 31.1 Å². The second-order valence-corrected chi connectivity index (χ2v) is 7.01. The standard InChI is InChI=1S/C22H27N5/c1-2-8-21(9-3-1)27-14-12-26(13-15-27)18-20-7-5-4-6-19(20)16-23-17-22-24-10-11-25-22/h1-11,23H,12-18H2,(H,24,25). The zero-order valence-corrected chi connectivity index (χ0v) is 15.6. The molecule has 0 spiro atoms. The average Bonchev–Trinajstić information content (AvgIpc) is 3.24.